The monoisotopic (exact) mass is 264 g/mol. The Morgan fingerprint density at radius 3 is 2.81 bits per heavy atom. The molecular formula is C11H18Cl2N2O. The van der Waals surface area contributed by atoms with Gasteiger partial charge in [-0.05, 0) is 38.4 Å². The Kier molecular flexibility index (Phi) is 7.47. The maximum absolute atomic E-state index is 5.62. The van der Waals surface area contributed by atoms with Crippen LogP contribution < -0.4 is 10.1 Å². The first-order valence-electron chi connectivity index (χ1n) is 5.13. The van der Waals surface area contributed by atoms with E-state index >= 15 is 0 Å². The molecule has 16 heavy (non-hydrogen) atoms. The summed E-state index contributed by atoms with van der Waals surface area (Å²) in [5, 5.41) is 3.39. The van der Waals surface area contributed by atoms with Crippen LogP contribution >= 0.6 is 24.8 Å². The lowest BCUT2D eigenvalue weighted by atomic mass is 10.2. The zero-order valence-electron chi connectivity index (χ0n) is 9.31. The van der Waals surface area contributed by atoms with Crippen molar-refractivity contribution in [2.24, 2.45) is 0 Å². The van der Waals surface area contributed by atoms with Gasteiger partial charge in [0.2, 0.25) is 0 Å². The molecule has 0 amide bonds. The Bertz CT molecular complexity index is 287. The number of pyridine rings is 1. The second-order valence-corrected chi connectivity index (χ2v) is 3.74. The van der Waals surface area contributed by atoms with Gasteiger partial charge in [0, 0.05) is 11.7 Å². The molecule has 1 aromatic heterocycles. The Labute approximate surface area is 109 Å². The number of rotatable bonds is 3. The number of nitrogens with one attached hydrogen (secondary N) is 1. The summed E-state index contributed by atoms with van der Waals surface area (Å²) in [6.07, 6.45) is 4.27. The molecule has 0 aliphatic carbocycles. The predicted octanol–water partition coefficient (Wildman–Crippen LogP) is 2.36. The van der Waals surface area contributed by atoms with E-state index in [9.17, 15) is 0 Å². The van der Waals surface area contributed by atoms with Crippen molar-refractivity contribution in [2.45, 2.75) is 25.8 Å². The normalized spacial score (nSPS) is 18.4. The van der Waals surface area contributed by atoms with Crippen LogP contribution in [-0.4, -0.2) is 24.2 Å². The van der Waals surface area contributed by atoms with Crippen LogP contribution in [0.3, 0.4) is 0 Å². The molecule has 92 valence electrons. The van der Waals surface area contributed by atoms with Crippen molar-refractivity contribution in [3.63, 3.8) is 0 Å². The van der Waals surface area contributed by atoms with Crippen LogP contribution in [0.2, 0.25) is 0 Å². The van der Waals surface area contributed by atoms with Crippen molar-refractivity contribution in [3.05, 3.63) is 24.0 Å². The first kappa shape index (κ1) is 15.5. The lowest BCUT2D eigenvalue weighted by molar-refractivity contribution is 0.276. The van der Waals surface area contributed by atoms with Gasteiger partial charge in [-0.15, -0.1) is 24.8 Å². The summed E-state index contributed by atoms with van der Waals surface area (Å²) in [6.45, 7) is 3.85. The van der Waals surface area contributed by atoms with Gasteiger partial charge in [0.25, 0.3) is 0 Å². The highest BCUT2D eigenvalue weighted by atomic mass is 35.5. The third-order valence-corrected chi connectivity index (χ3v) is 2.50. The van der Waals surface area contributed by atoms with Crippen molar-refractivity contribution >= 4 is 24.8 Å². The van der Waals surface area contributed by atoms with E-state index in [1.165, 1.54) is 12.8 Å². The molecule has 0 aromatic carbocycles. The molecule has 1 aromatic rings. The number of aromatic nitrogens is 1. The molecule has 0 radical (unpaired) electrons. The molecule has 1 fully saturated rings. The highest BCUT2D eigenvalue weighted by molar-refractivity contribution is 5.85. The summed E-state index contributed by atoms with van der Waals surface area (Å²) in [6, 6.07) is 4.46. The first-order valence-corrected chi connectivity index (χ1v) is 5.13. The van der Waals surface area contributed by atoms with Crippen LogP contribution in [0.4, 0.5) is 0 Å². The van der Waals surface area contributed by atoms with E-state index in [0.717, 1.165) is 24.6 Å². The number of halogens is 2. The maximum Gasteiger partial charge on any atom is 0.137 e. The van der Waals surface area contributed by atoms with E-state index in [0.29, 0.717) is 6.04 Å². The minimum Gasteiger partial charge on any atom is -0.490 e. The molecule has 3 nitrogen and oxygen atoms in total. The quantitative estimate of drug-likeness (QED) is 0.911. The van der Waals surface area contributed by atoms with Crippen molar-refractivity contribution in [2.75, 3.05) is 13.2 Å². The highest BCUT2D eigenvalue weighted by Gasteiger charge is 2.14. The smallest absolute Gasteiger partial charge is 0.137 e. The molecule has 2 rings (SSSR count). The minimum atomic E-state index is 0. The van der Waals surface area contributed by atoms with E-state index in [1.807, 2.05) is 19.1 Å². The predicted molar refractivity (Wildman–Crippen MR) is 70.0 cm³/mol. The van der Waals surface area contributed by atoms with Gasteiger partial charge in [-0.1, -0.05) is 0 Å². The molecule has 1 aliphatic rings. The molecule has 0 saturated carbocycles. The largest absolute Gasteiger partial charge is 0.490 e. The zero-order valence-corrected chi connectivity index (χ0v) is 10.9. The van der Waals surface area contributed by atoms with E-state index in [-0.39, 0.29) is 24.8 Å². The Balaban J connectivity index is 0.00000112. The molecule has 1 N–H and O–H groups in total. The number of nitrogens with zero attached hydrogens (tertiary/aromatic N) is 1. The third-order valence-electron chi connectivity index (χ3n) is 2.50. The lowest BCUT2D eigenvalue weighted by Crippen LogP contribution is -2.28. The Morgan fingerprint density at radius 2 is 2.25 bits per heavy atom. The fourth-order valence-electron chi connectivity index (χ4n) is 1.64. The SMILES string of the molecule is Cc1ccc(OC[C@H]2CCCN2)cn1.Cl.Cl. The average Bonchev–Trinajstić information content (AvgIpc) is 2.70. The van der Waals surface area contributed by atoms with Gasteiger partial charge in [0.05, 0.1) is 6.20 Å². The van der Waals surface area contributed by atoms with E-state index < -0.39 is 0 Å². The highest BCUT2D eigenvalue weighted by Crippen LogP contribution is 2.11. The van der Waals surface area contributed by atoms with Gasteiger partial charge >= 0.3 is 0 Å². The minimum absolute atomic E-state index is 0. The van der Waals surface area contributed by atoms with E-state index in [1.54, 1.807) is 6.20 Å². The van der Waals surface area contributed by atoms with Gasteiger partial charge in [-0.25, -0.2) is 0 Å². The lowest BCUT2D eigenvalue weighted by Gasteiger charge is -2.11. The van der Waals surface area contributed by atoms with Crippen LogP contribution in [0.15, 0.2) is 18.3 Å². The summed E-state index contributed by atoms with van der Waals surface area (Å²) < 4.78 is 5.62. The number of hydrogen-bond acceptors (Lipinski definition) is 3. The molecule has 0 spiro atoms. The molecule has 1 saturated heterocycles. The summed E-state index contributed by atoms with van der Waals surface area (Å²) in [4.78, 5) is 4.18. The zero-order chi connectivity index (χ0) is 9.80. The van der Waals surface area contributed by atoms with Crippen molar-refractivity contribution < 1.29 is 4.74 Å². The van der Waals surface area contributed by atoms with Gasteiger partial charge in [-0.3, -0.25) is 4.98 Å². The number of aryl methyl sites for hydroxylation is 1. The Hall–Kier alpha value is -0.510. The summed E-state index contributed by atoms with van der Waals surface area (Å²) >= 11 is 0. The fourth-order valence-corrected chi connectivity index (χ4v) is 1.64. The fraction of sp³-hybridized carbons (Fsp3) is 0.545. The summed E-state index contributed by atoms with van der Waals surface area (Å²) in [7, 11) is 0. The number of ether oxygens (including phenoxy) is 1. The van der Waals surface area contributed by atoms with E-state index in [2.05, 4.69) is 10.3 Å². The van der Waals surface area contributed by atoms with Gasteiger partial charge in [-0.2, -0.15) is 0 Å². The molecule has 1 aliphatic heterocycles. The molecule has 0 bridgehead atoms. The van der Waals surface area contributed by atoms with Gasteiger partial charge in [0.15, 0.2) is 0 Å². The van der Waals surface area contributed by atoms with Gasteiger partial charge < -0.3 is 10.1 Å². The molecular weight excluding hydrogens is 247 g/mol. The summed E-state index contributed by atoms with van der Waals surface area (Å²) in [5.74, 6) is 0.865. The second-order valence-electron chi connectivity index (χ2n) is 3.74. The standard InChI is InChI=1S/C11H16N2O.2ClH/c1-9-4-5-11(7-13-9)14-8-10-3-2-6-12-10;;/h4-5,7,10,12H,2-3,6,8H2,1H3;2*1H/t10-;;/m1../s1. The van der Waals surface area contributed by atoms with Crippen LogP contribution in [0.25, 0.3) is 0 Å². The molecule has 0 unspecified atom stereocenters. The van der Waals surface area contributed by atoms with Crippen LogP contribution in [0.5, 0.6) is 5.75 Å². The Morgan fingerprint density at radius 1 is 1.44 bits per heavy atom. The van der Waals surface area contributed by atoms with Crippen molar-refractivity contribution in [1.29, 1.82) is 0 Å². The van der Waals surface area contributed by atoms with E-state index in [4.69, 9.17) is 4.74 Å². The number of hydrogen-bond donors (Lipinski definition) is 1. The topological polar surface area (TPSA) is 34.1 Å². The molecule has 2 heterocycles. The second kappa shape index (κ2) is 7.71. The third kappa shape index (κ3) is 4.56. The van der Waals surface area contributed by atoms with Crippen molar-refractivity contribution in [3.8, 4) is 5.75 Å². The molecule has 1 atom stereocenters. The van der Waals surface area contributed by atoms with Crippen LogP contribution in [-0.2, 0) is 0 Å². The average molecular weight is 265 g/mol. The van der Waals surface area contributed by atoms with Crippen LogP contribution in [0.1, 0.15) is 18.5 Å². The van der Waals surface area contributed by atoms with Gasteiger partial charge in [0.1, 0.15) is 12.4 Å². The first-order chi connectivity index (χ1) is 6.84. The van der Waals surface area contributed by atoms with Crippen LogP contribution in [0, 0.1) is 6.92 Å². The summed E-state index contributed by atoms with van der Waals surface area (Å²) in [5.41, 5.74) is 1.02. The maximum atomic E-state index is 5.62. The molecule has 5 heteroatoms. The van der Waals surface area contributed by atoms with Crippen molar-refractivity contribution in [1.82, 2.24) is 10.3 Å².